The summed E-state index contributed by atoms with van der Waals surface area (Å²) in [6, 6.07) is 18.2. The lowest BCUT2D eigenvalue weighted by atomic mass is 10.1. The molecule has 3 aromatic rings. The summed E-state index contributed by atoms with van der Waals surface area (Å²) in [6.45, 7) is 1.99. The number of piperidine rings is 1. The van der Waals surface area contributed by atoms with Gasteiger partial charge in [-0.15, -0.1) is 0 Å². The van der Waals surface area contributed by atoms with Crippen molar-refractivity contribution in [3.8, 4) is 17.1 Å². The second-order valence-corrected chi connectivity index (χ2v) is 7.16. The van der Waals surface area contributed by atoms with Crippen molar-refractivity contribution < 1.29 is 13.9 Å². The number of hydrogen-bond donors (Lipinski definition) is 2. The molecular formula is C22H21ClN2O3. The second-order valence-electron chi connectivity index (χ2n) is 6.72. The summed E-state index contributed by atoms with van der Waals surface area (Å²) in [7, 11) is 0. The van der Waals surface area contributed by atoms with Gasteiger partial charge in [-0.2, -0.15) is 0 Å². The third kappa shape index (κ3) is 4.55. The molecule has 1 saturated heterocycles. The predicted molar refractivity (Wildman–Crippen MR) is 110 cm³/mol. The van der Waals surface area contributed by atoms with Gasteiger partial charge < -0.3 is 19.8 Å². The number of carbonyl (C=O) groups is 1. The van der Waals surface area contributed by atoms with Crippen molar-refractivity contribution in [2.45, 2.75) is 18.9 Å². The van der Waals surface area contributed by atoms with Gasteiger partial charge in [-0.3, -0.25) is 4.79 Å². The quantitative estimate of drug-likeness (QED) is 0.638. The lowest BCUT2D eigenvalue weighted by molar-refractivity contribution is 0.0997. The fourth-order valence-corrected chi connectivity index (χ4v) is 3.37. The van der Waals surface area contributed by atoms with Crippen molar-refractivity contribution in [3.63, 3.8) is 0 Å². The van der Waals surface area contributed by atoms with Crippen LogP contribution in [0, 0.1) is 0 Å². The highest BCUT2D eigenvalue weighted by atomic mass is 35.5. The minimum atomic E-state index is -0.320. The highest BCUT2D eigenvalue weighted by Gasteiger charge is 2.15. The molecule has 28 heavy (non-hydrogen) atoms. The Morgan fingerprint density at radius 1 is 1.07 bits per heavy atom. The van der Waals surface area contributed by atoms with Crippen LogP contribution in [0.15, 0.2) is 65.1 Å². The van der Waals surface area contributed by atoms with Gasteiger partial charge >= 0.3 is 0 Å². The molecule has 1 aliphatic heterocycles. The van der Waals surface area contributed by atoms with E-state index < -0.39 is 0 Å². The molecule has 1 amide bonds. The average molecular weight is 397 g/mol. The topological polar surface area (TPSA) is 63.5 Å². The first kappa shape index (κ1) is 18.6. The Labute approximate surface area is 168 Å². The lowest BCUT2D eigenvalue weighted by Crippen LogP contribution is -2.34. The zero-order valence-electron chi connectivity index (χ0n) is 15.3. The third-order valence-electron chi connectivity index (χ3n) is 4.64. The Balaban J connectivity index is 1.41. The Hall–Kier alpha value is -2.76. The molecule has 0 atom stereocenters. The number of nitrogens with one attached hydrogen (secondary N) is 2. The summed E-state index contributed by atoms with van der Waals surface area (Å²) in [5, 5.41) is 6.66. The number of benzene rings is 2. The normalized spacial score (nSPS) is 14.6. The molecular weight excluding hydrogens is 376 g/mol. The van der Waals surface area contributed by atoms with Crippen LogP contribution in [-0.4, -0.2) is 25.1 Å². The zero-order valence-corrected chi connectivity index (χ0v) is 16.0. The van der Waals surface area contributed by atoms with Gasteiger partial charge in [0.15, 0.2) is 5.76 Å². The van der Waals surface area contributed by atoms with Gasteiger partial charge in [0.2, 0.25) is 0 Å². The molecule has 0 unspecified atom stereocenters. The summed E-state index contributed by atoms with van der Waals surface area (Å²) in [5.74, 6) is 1.40. The molecule has 5 nitrogen and oxygen atoms in total. The Kier molecular flexibility index (Phi) is 5.65. The van der Waals surface area contributed by atoms with Crippen LogP contribution in [0.2, 0.25) is 5.02 Å². The van der Waals surface area contributed by atoms with Crippen LogP contribution < -0.4 is 15.4 Å². The molecule has 2 heterocycles. The van der Waals surface area contributed by atoms with E-state index in [1.54, 1.807) is 36.4 Å². The van der Waals surface area contributed by atoms with Crippen molar-refractivity contribution in [1.82, 2.24) is 5.32 Å². The largest absolute Gasteiger partial charge is 0.490 e. The second kappa shape index (κ2) is 8.50. The van der Waals surface area contributed by atoms with Crippen LogP contribution in [0.25, 0.3) is 11.3 Å². The molecule has 1 aromatic heterocycles. The maximum atomic E-state index is 12.4. The Morgan fingerprint density at radius 3 is 2.61 bits per heavy atom. The molecule has 0 bridgehead atoms. The minimum absolute atomic E-state index is 0.241. The number of amides is 1. The van der Waals surface area contributed by atoms with E-state index in [4.69, 9.17) is 20.8 Å². The first-order valence-corrected chi connectivity index (χ1v) is 9.70. The highest BCUT2D eigenvalue weighted by molar-refractivity contribution is 6.30. The van der Waals surface area contributed by atoms with E-state index in [1.807, 2.05) is 24.3 Å². The number of furan rings is 1. The number of halogens is 1. The molecule has 0 spiro atoms. The van der Waals surface area contributed by atoms with Crippen LogP contribution in [0.5, 0.6) is 5.75 Å². The lowest BCUT2D eigenvalue weighted by Gasteiger charge is -2.23. The molecule has 2 N–H and O–H groups in total. The van der Waals surface area contributed by atoms with Gasteiger partial charge in [-0.1, -0.05) is 17.7 Å². The standard InChI is InChI=1S/C22H21ClN2O3/c23-16-2-1-3-17(14-16)25-22(26)21-9-8-20(28-21)15-4-6-18(7-5-15)27-19-10-12-24-13-11-19/h1-9,14,19,24H,10-13H2,(H,25,26). The van der Waals surface area contributed by atoms with E-state index in [0.717, 1.165) is 37.2 Å². The number of carbonyl (C=O) groups excluding carboxylic acids is 1. The predicted octanol–water partition coefficient (Wildman–Crippen LogP) is 4.98. The fraction of sp³-hybridized carbons (Fsp3) is 0.227. The summed E-state index contributed by atoms with van der Waals surface area (Å²) < 4.78 is 11.7. The van der Waals surface area contributed by atoms with Gasteiger partial charge in [0, 0.05) is 16.3 Å². The van der Waals surface area contributed by atoms with Crippen LogP contribution >= 0.6 is 11.6 Å². The van der Waals surface area contributed by atoms with Crippen LogP contribution in [0.3, 0.4) is 0 Å². The van der Waals surface area contributed by atoms with Gasteiger partial charge in [-0.25, -0.2) is 0 Å². The molecule has 2 aromatic carbocycles. The monoisotopic (exact) mass is 396 g/mol. The van der Waals surface area contributed by atoms with E-state index in [9.17, 15) is 4.79 Å². The SMILES string of the molecule is O=C(Nc1cccc(Cl)c1)c1ccc(-c2ccc(OC3CCNCC3)cc2)o1. The Morgan fingerprint density at radius 2 is 1.86 bits per heavy atom. The molecule has 144 valence electrons. The highest BCUT2D eigenvalue weighted by Crippen LogP contribution is 2.26. The smallest absolute Gasteiger partial charge is 0.291 e. The van der Waals surface area contributed by atoms with Crippen LogP contribution in [-0.2, 0) is 0 Å². The third-order valence-corrected chi connectivity index (χ3v) is 4.88. The van der Waals surface area contributed by atoms with E-state index in [1.165, 1.54) is 0 Å². The van der Waals surface area contributed by atoms with Crippen molar-refractivity contribution in [1.29, 1.82) is 0 Å². The molecule has 1 aliphatic rings. The van der Waals surface area contributed by atoms with E-state index >= 15 is 0 Å². The molecule has 0 saturated carbocycles. The fourth-order valence-electron chi connectivity index (χ4n) is 3.18. The van der Waals surface area contributed by atoms with Crippen LogP contribution in [0.1, 0.15) is 23.4 Å². The number of rotatable bonds is 5. The van der Waals surface area contributed by atoms with E-state index in [2.05, 4.69) is 10.6 Å². The summed E-state index contributed by atoms with van der Waals surface area (Å²) in [5.41, 5.74) is 1.51. The molecule has 6 heteroatoms. The van der Waals surface area contributed by atoms with Gasteiger partial charge in [0.05, 0.1) is 0 Å². The summed E-state index contributed by atoms with van der Waals surface area (Å²) in [6.07, 6.45) is 2.30. The maximum Gasteiger partial charge on any atom is 0.291 e. The molecule has 1 fully saturated rings. The van der Waals surface area contributed by atoms with Crippen molar-refractivity contribution in [3.05, 3.63) is 71.4 Å². The van der Waals surface area contributed by atoms with Gasteiger partial charge in [-0.05, 0) is 80.5 Å². The van der Waals surface area contributed by atoms with Crippen LogP contribution in [0.4, 0.5) is 5.69 Å². The van der Waals surface area contributed by atoms with E-state index in [-0.39, 0.29) is 17.8 Å². The van der Waals surface area contributed by atoms with Crippen molar-refractivity contribution in [2.75, 3.05) is 18.4 Å². The molecule has 4 rings (SSSR count). The van der Waals surface area contributed by atoms with Gasteiger partial charge in [0.25, 0.3) is 5.91 Å². The number of hydrogen-bond acceptors (Lipinski definition) is 4. The average Bonchev–Trinajstić information content (AvgIpc) is 3.20. The summed E-state index contributed by atoms with van der Waals surface area (Å²) in [4.78, 5) is 12.4. The first-order chi connectivity index (χ1) is 13.7. The maximum absolute atomic E-state index is 12.4. The van der Waals surface area contributed by atoms with Crippen molar-refractivity contribution >= 4 is 23.2 Å². The van der Waals surface area contributed by atoms with Gasteiger partial charge in [0.1, 0.15) is 17.6 Å². The summed E-state index contributed by atoms with van der Waals surface area (Å²) >= 11 is 5.94. The molecule has 0 aliphatic carbocycles. The van der Waals surface area contributed by atoms with Crippen molar-refractivity contribution in [2.24, 2.45) is 0 Å². The zero-order chi connectivity index (χ0) is 19.3. The first-order valence-electron chi connectivity index (χ1n) is 9.32. The Bertz CT molecular complexity index is 946. The van der Waals surface area contributed by atoms with E-state index in [0.29, 0.717) is 16.5 Å². The molecule has 0 radical (unpaired) electrons. The number of ether oxygens (including phenoxy) is 1. The number of anilines is 1. The minimum Gasteiger partial charge on any atom is -0.490 e.